The van der Waals surface area contributed by atoms with Gasteiger partial charge in [0.2, 0.25) is 0 Å². The van der Waals surface area contributed by atoms with Gasteiger partial charge in [-0.15, -0.1) is 0 Å². The minimum Gasteiger partial charge on any atom is -0.504 e. The Bertz CT molecular complexity index is 502. The van der Waals surface area contributed by atoms with Gasteiger partial charge in [0.15, 0.2) is 17.3 Å². The van der Waals surface area contributed by atoms with Crippen molar-refractivity contribution in [3.05, 3.63) is 23.8 Å². The molecule has 0 aliphatic carbocycles. The monoisotopic (exact) mass is 336 g/mol. The predicted octanol–water partition coefficient (Wildman–Crippen LogP) is 5.08. The molecule has 1 saturated heterocycles. The molecule has 1 fully saturated rings. The van der Waals surface area contributed by atoms with Crippen molar-refractivity contribution in [1.82, 2.24) is 0 Å². The lowest BCUT2D eigenvalue weighted by atomic mass is 9.93. The van der Waals surface area contributed by atoms with Crippen molar-refractivity contribution in [2.24, 2.45) is 0 Å². The van der Waals surface area contributed by atoms with Crippen molar-refractivity contribution in [3.63, 3.8) is 0 Å². The highest BCUT2D eigenvalue weighted by Crippen LogP contribution is 2.40. The van der Waals surface area contributed by atoms with Gasteiger partial charge in [0, 0.05) is 12.8 Å². The van der Waals surface area contributed by atoms with Gasteiger partial charge in [-0.25, -0.2) is 0 Å². The van der Waals surface area contributed by atoms with Crippen LogP contribution in [-0.2, 0) is 4.74 Å². The first-order valence-electron chi connectivity index (χ1n) is 9.35. The number of unbranched alkanes of at least 4 members (excludes halogenated alkanes) is 5. The molecule has 2 N–H and O–H groups in total. The van der Waals surface area contributed by atoms with Crippen LogP contribution in [0.3, 0.4) is 0 Å². The van der Waals surface area contributed by atoms with E-state index in [1.807, 2.05) is 6.07 Å². The maximum absolute atomic E-state index is 10.8. The van der Waals surface area contributed by atoms with Crippen molar-refractivity contribution in [2.75, 3.05) is 7.11 Å². The van der Waals surface area contributed by atoms with E-state index in [1.165, 1.54) is 32.8 Å². The van der Waals surface area contributed by atoms with Crippen LogP contribution in [0, 0.1) is 0 Å². The smallest absolute Gasteiger partial charge is 0.166 e. The normalized spacial score (nSPS) is 24.0. The summed E-state index contributed by atoms with van der Waals surface area (Å²) in [6, 6.07) is 5.27. The quantitative estimate of drug-likeness (QED) is 0.617. The van der Waals surface area contributed by atoms with Crippen LogP contribution < -0.4 is 4.74 Å². The maximum atomic E-state index is 10.8. The highest BCUT2D eigenvalue weighted by Gasteiger charge is 2.35. The van der Waals surface area contributed by atoms with E-state index >= 15 is 0 Å². The Kier molecular flexibility index (Phi) is 7.38. The average molecular weight is 336 g/mol. The van der Waals surface area contributed by atoms with Crippen LogP contribution in [0.4, 0.5) is 0 Å². The Morgan fingerprint density at radius 2 is 1.96 bits per heavy atom. The molecule has 0 amide bonds. The zero-order valence-corrected chi connectivity index (χ0v) is 15.1. The molecule has 1 aromatic carbocycles. The lowest BCUT2D eigenvalue weighted by Gasteiger charge is -2.37. The first kappa shape index (κ1) is 19.1. The van der Waals surface area contributed by atoms with Crippen molar-refractivity contribution in [1.29, 1.82) is 0 Å². The van der Waals surface area contributed by atoms with Crippen LogP contribution in [-0.4, -0.2) is 23.1 Å². The minimum atomic E-state index is -1.02. The highest BCUT2D eigenvalue weighted by molar-refractivity contribution is 5.42. The number of aromatic hydroxyl groups is 1. The molecule has 0 unspecified atom stereocenters. The first-order chi connectivity index (χ1) is 11.6. The van der Waals surface area contributed by atoms with Gasteiger partial charge in [-0.1, -0.05) is 45.1 Å². The number of phenolic OH excluding ortho intramolecular Hbond substituents is 1. The molecule has 1 aromatic rings. The number of ether oxygens (including phenoxy) is 2. The highest BCUT2D eigenvalue weighted by atomic mass is 16.6. The Hall–Kier alpha value is -1.26. The second kappa shape index (κ2) is 9.28. The fourth-order valence-corrected chi connectivity index (χ4v) is 3.44. The maximum Gasteiger partial charge on any atom is 0.166 e. The Morgan fingerprint density at radius 3 is 2.71 bits per heavy atom. The van der Waals surface area contributed by atoms with Gasteiger partial charge in [-0.05, 0) is 37.0 Å². The topological polar surface area (TPSA) is 58.9 Å². The van der Waals surface area contributed by atoms with Crippen molar-refractivity contribution < 1.29 is 19.7 Å². The number of methoxy groups -OCH3 is 1. The van der Waals surface area contributed by atoms with Crippen LogP contribution in [0.15, 0.2) is 18.2 Å². The standard InChI is InChI=1S/C20H32O4/c1-3-4-5-6-7-8-13-20(22)14-9-10-18(24-20)16-11-12-17(21)19(15-16)23-2/h11-12,15,18,21-22H,3-10,13-14H2,1-2H3/t18-,20+/m1/s1. The third kappa shape index (κ3) is 5.38. The molecular weight excluding hydrogens is 304 g/mol. The van der Waals surface area contributed by atoms with Gasteiger partial charge in [-0.2, -0.15) is 0 Å². The van der Waals surface area contributed by atoms with Gasteiger partial charge < -0.3 is 19.7 Å². The molecule has 1 aliphatic rings. The Labute approximate surface area is 145 Å². The summed E-state index contributed by atoms with van der Waals surface area (Å²) in [6.45, 7) is 2.22. The van der Waals surface area contributed by atoms with Gasteiger partial charge in [-0.3, -0.25) is 0 Å². The van der Waals surface area contributed by atoms with Crippen molar-refractivity contribution in [2.45, 2.75) is 83.0 Å². The Morgan fingerprint density at radius 1 is 1.21 bits per heavy atom. The molecule has 136 valence electrons. The van der Waals surface area contributed by atoms with E-state index in [4.69, 9.17) is 9.47 Å². The summed E-state index contributed by atoms with van der Waals surface area (Å²) in [7, 11) is 1.54. The number of aliphatic hydroxyl groups is 1. The summed E-state index contributed by atoms with van der Waals surface area (Å²) in [5.74, 6) is -0.445. The first-order valence-corrected chi connectivity index (χ1v) is 9.35. The average Bonchev–Trinajstić information content (AvgIpc) is 2.58. The molecule has 2 atom stereocenters. The zero-order valence-electron chi connectivity index (χ0n) is 15.1. The fourth-order valence-electron chi connectivity index (χ4n) is 3.44. The molecule has 24 heavy (non-hydrogen) atoms. The number of rotatable bonds is 9. The van der Waals surface area contributed by atoms with Gasteiger partial charge in [0.25, 0.3) is 0 Å². The molecule has 0 radical (unpaired) electrons. The van der Waals surface area contributed by atoms with E-state index in [0.717, 1.165) is 31.2 Å². The summed E-state index contributed by atoms with van der Waals surface area (Å²) >= 11 is 0. The summed E-state index contributed by atoms with van der Waals surface area (Å²) in [6.07, 6.45) is 10.3. The van der Waals surface area contributed by atoms with Gasteiger partial charge in [0.1, 0.15) is 0 Å². The third-order valence-electron chi connectivity index (χ3n) is 4.89. The van der Waals surface area contributed by atoms with E-state index in [9.17, 15) is 10.2 Å². The van der Waals surface area contributed by atoms with E-state index in [-0.39, 0.29) is 11.9 Å². The minimum absolute atomic E-state index is 0.124. The van der Waals surface area contributed by atoms with Crippen molar-refractivity contribution >= 4 is 0 Å². The summed E-state index contributed by atoms with van der Waals surface area (Å²) in [4.78, 5) is 0. The number of benzene rings is 1. The molecule has 2 rings (SSSR count). The van der Waals surface area contributed by atoms with Gasteiger partial charge >= 0.3 is 0 Å². The largest absolute Gasteiger partial charge is 0.504 e. The lowest BCUT2D eigenvalue weighted by molar-refractivity contribution is -0.259. The molecule has 1 aliphatic heterocycles. The molecule has 0 spiro atoms. The summed E-state index contributed by atoms with van der Waals surface area (Å²) < 4.78 is 11.2. The van der Waals surface area contributed by atoms with Crippen molar-refractivity contribution in [3.8, 4) is 11.5 Å². The molecule has 1 heterocycles. The SMILES string of the molecule is CCCCCCCC[C@@]1(O)CCC[C@H](c2ccc(O)c(OC)c2)O1. The van der Waals surface area contributed by atoms with Crippen LogP contribution in [0.2, 0.25) is 0 Å². The second-order valence-electron chi connectivity index (χ2n) is 6.89. The van der Waals surface area contributed by atoms with E-state index in [2.05, 4.69) is 6.92 Å². The molecule has 0 saturated carbocycles. The molecule has 0 aromatic heterocycles. The molecule has 0 bridgehead atoms. The van der Waals surface area contributed by atoms with Crippen LogP contribution in [0.1, 0.15) is 82.8 Å². The number of phenols is 1. The van der Waals surface area contributed by atoms with Crippen LogP contribution >= 0.6 is 0 Å². The molecular formula is C20H32O4. The summed E-state index contributed by atoms with van der Waals surface area (Å²) in [5.41, 5.74) is 0.950. The predicted molar refractivity (Wildman–Crippen MR) is 95.3 cm³/mol. The second-order valence-corrected chi connectivity index (χ2v) is 6.89. The van der Waals surface area contributed by atoms with Crippen LogP contribution in [0.25, 0.3) is 0 Å². The molecule has 4 nitrogen and oxygen atoms in total. The Balaban J connectivity index is 1.88. The fraction of sp³-hybridized carbons (Fsp3) is 0.700. The van der Waals surface area contributed by atoms with Crippen LogP contribution in [0.5, 0.6) is 11.5 Å². The summed E-state index contributed by atoms with van der Waals surface area (Å²) in [5, 5.41) is 20.5. The zero-order chi connectivity index (χ0) is 17.4. The van der Waals surface area contributed by atoms with Gasteiger partial charge in [0.05, 0.1) is 13.2 Å². The van der Waals surface area contributed by atoms with E-state index in [1.54, 1.807) is 12.1 Å². The number of hydrogen-bond donors (Lipinski definition) is 2. The number of hydrogen-bond acceptors (Lipinski definition) is 4. The third-order valence-corrected chi connectivity index (χ3v) is 4.89. The molecule has 4 heteroatoms. The van der Waals surface area contributed by atoms with E-state index < -0.39 is 5.79 Å². The van der Waals surface area contributed by atoms with E-state index in [0.29, 0.717) is 18.6 Å². The lowest BCUT2D eigenvalue weighted by Crippen LogP contribution is -2.37.